The van der Waals surface area contributed by atoms with Crippen molar-refractivity contribution < 1.29 is 5.11 Å². The molecule has 1 fully saturated rings. The lowest BCUT2D eigenvalue weighted by Gasteiger charge is -2.38. The Labute approximate surface area is 110 Å². The fourth-order valence-electron chi connectivity index (χ4n) is 2.47. The zero-order chi connectivity index (χ0) is 13.2. The molecule has 100 valence electrons. The number of β-amino-alcohol motifs (C(OH)–C–C–N with tert-alkyl or cyclic N) is 1. The molecule has 3 heteroatoms. The third kappa shape index (κ3) is 3.72. The highest BCUT2D eigenvalue weighted by Gasteiger charge is 2.22. The number of aryl methyl sites for hydroxylation is 1. The van der Waals surface area contributed by atoms with Gasteiger partial charge < -0.3 is 10.0 Å². The summed E-state index contributed by atoms with van der Waals surface area (Å²) in [6.07, 6.45) is 0. The maximum Gasteiger partial charge on any atom is 0.0718 e. The summed E-state index contributed by atoms with van der Waals surface area (Å²) in [6, 6.07) is 8.72. The first-order chi connectivity index (χ1) is 8.44. The topological polar surface area (TPSA) is 26.7 Å². The number of benzene rings is 1. The summed E-state index contributed by atoms with van der Waals surface area (Å²) < 4.78 is 0. The van der Waals surface area contributed by atoms with E-state index in [0.29, 0.717) is 0 Å². The van der Waals surface area contributed by atoms with Gasteiger partial charge in [-0.2, -0.15) is 0 Å². The fraction of sp³-hybridized carbons (Fsp3) is 0.600. The van der Waals surface area contributed by atoms with Crippen LogP contribution in [-0.2, 0) is 0 Å². The van der Waals surface area contributed by atoms with E-state index in [9.17, 15) is 5.11 Å². The van der Waals surface area contributed by atoms with Crippen molar-refractivity contribution in [3.05, 3.63) is 29.8 Å². The van der Waals surface area contributed by atoms with Gasteiger partial charge in [0.15, 0.2) is 0 Å². The maximum atomic E-state index is 9.83. The van der Waals surface area contributed by atoms with E-state index in [1.54, 1.807) is 0 Å². The van der Waals surface area contributed by atoms with Crippen LogP contribution in [0.25, 0.3) is 0 Å². The second kappa shape index (κ2) is 5.29. The maximum absolute atomic E-state index is 9.83. The van der Waals surface area contributed by atoms with Crippen molar-refractivity contribution in [2.75, 3.05) is 37.6 Å². The van der Waals surface area contributed by atoms with Gasteiger partial charge in [-0.15, -0.1) is 0 Å². The molecule has 1 aromatic carbocycles. The van der Waals surface area contributed by atoms with Gasteiger partial charge in [-0.3, -0.25) is 4.90 Å². The highest BCUT2D eigenvalue weighted by atomic mass is 16.3. The van der Waals surface area contributed by atoms with E-state index in [1.807, 2.05) is 13.8 Å². The number of rotatable bonds is 3. The molecule has 2 rings (SSSR count). The van der Waals surface area contributed by atoms with Crippen LogP contribution in [0.5, 0.6) is 0 Å². The van der Waals surface area contributed by atoms with Crippen molar-refractivity contribution in [1.29, 1.82) is 0 Å². The molecule has 0 bridgehead atoms. The molecule has 0 saturated carbocycles. The Morgan fingerprint density at radius 3 is 2.11 bits per heavy atom. The third-order valence-corrected chi connectivity index (χ3v) is 3.38. The second-order valence-electron chi connectivity index (χ2n) is 5.91. The molecule has 1 aromatic rings. The number of anilines is 1. The van der Waals surface area contributed by atoms with E-state index >= 15 is 0 Å². The van der Waals surface area contributed by atoms with E-state index in [4.69, 9.17) is 0 Å². The SMILES string of the molecule is Cc1ccc(N2CCN(CC(C)(C)O)CC2)cc1. The van der Waals surface area contributed by atoms with Gasteiger partial charge in [0.05, 0.1) is 5.60 Å². The summed E-state index contributed by atoms with van der Waals surface area (Å²) >= 11 is 0. The number of piperazine rings is 1. The molecule has 3 nitrogen and oxygen atoms in total. The fourth-order valence-corrected chi connectivity index (χ4v) is 2.47. The van der Waals surface area contributed by atoms with Crippen LogP contribution < -0.4 is 4.90 Å². The van der Waals surface area contributed by atoms with Gasteiger partial charge in [0.25, 0.3) is 0 Å². The zero-order valence-electron chi connectivity index (χ0n) is 11.7. The number of nitrogens with zero attached hydrogens (tertiary/aromatic N) is 2. The van der Waals surface area contributed by atoms with Crippen LogP contribution in [0.15, 0.2) is 24.3 Å². The first kappa shape index (κ1) is 13.4. The number of aliphatic hydroxyl groups is 1. The molecule has 0 aromatic heterocycles. The Bertz CT molecular complexity index is 372. The first-order valence-electron chi connectivity index (χ1n) is 6.70. The lowest BCUT2D eigenvalue weighted by atomic mass is 10.1. The number of hydrogen-bond donors (Lipinski definition) is 1. The summed E-state index contributed by atoms with van der Waals surface area (Å²) in [7, 11) is 0. The van der Waals surface area contributed by atoms with Gasteiger partial charge in [0.1, 0.15) is 0 Å². The van der Waals surface area contributed by atoms with Crippen molar-refractivity contribution in [2.45, 2.75) is 26.4 Å². The monoisotopic (exact) mass is 248 g/mol. The standard InChI is InChI=1S/C15H24N2O/c1-13-4-6-14(7-5-13)17-10-8-16(9-11-17)12-15(2,3)18/h4-7,18H,8-12H2,1-3H3. The molecule has 1 aliphatic heterocycles. The summed E-state index contributed by atoms with van der Waals surface area (Å²) in [6.45, 7) is 10.8. The van der Waals surface area contributed by atoms with Crippen molar-refractivity contribution in [3.63, 3.8) is 0 Å². The molecule has 1 aliphatic rings. The van der Waals surface area contributed by atoms with Crippen LogP contribution in [0.3, 0.4) is 0 Å². The minimum atomic E-state index is -0.591. The van der Waals surface area contributed by atoms with Crippen molar-refractivity contribution >= 4 is 5.69 Å². The van der Waals surface area contributed by atoms with Crippen molar-refractivity contribution in [3.8, 4) is 0 Å². The zero-order valence-corrected chi connectivity index (χ0v) is 11.7. The molecule has 1 heterocycles. The lowest BCUT2D eigenvalue weighted by molar-refractivity contribution is 0.0345. The van der Waals surface area contributed by atoms with Gasteiger partial charge >= 0.3 is 0 Å². The molecule has 0 unspecified atom stereocenters. The largest absolute Gasteiger partial charge is 0.389 e. The normalized spacial score (nSPS) is 18.1. The molecule has 18 heavy (non-hydrogen) atoms. The Morgan fingerprint density at radius 2 is 1.61 bits per heavy atom. The first-order valence-corrected chi connectivity index (χ1v) is 6.70. The van der Waals surface area contributed by atoms with Gasteiger partial charge in [0.2, 0.25) is 0 Å². The Hall–Kier alpha value is -1.06. The molecule has 0 aliphatic carbocycles. The van der Waals surface area contributed by atoms with Crippen molar-refractivity contribution in [1.82, 2.24) is 4.90 Å². The molecule has 1 saturated heterocycles. The predicted molar refractivity (Wildman–Crippen MR) is 76.1 cm³/mol. The summed E-state index contributed by atoms with van der Waals surface area (Å²) in [5.74, 6) is 0. The molecule has 0 spiro atoms. The predicted octanol–water partition coefficient (Wildman–Crippen LogP) is 1.89. The van der Waals surface area contributed by atoms with Crippen LogP contribution in [0.2, 0.25) is 0 Å². The summed E-state index contributed by atoms with van der Waals surface area (Å²) in [5.41, 5.74) is 2.02. The van der Waals surface area contributed by atoms with E-state index in [-0.39, 0.29) is 0 Å². The van der Waals surface area contributed by atoms with Crippen LogP contribution in [-0.4, -0.2) is 48.3 Å². The molecule has 1 N–H and O–H groups in total. The minimum Gasteiger partial charge on any atom is -0.389 e. The van der Waals surface area contributed by atoms with Crippen LogP contribution in [0.4, 0.5) is 5.69 Å². The Balaban J connectivity index is 1.88. The van der Waals surface area contributed by atoms with E-state index < -0.39 is 5.60 Å². The highest BCUT2D eigenvalue weighted by Crippen LogP contribution is 2.17. The minimum absolute atomic E-state index is 0.591. The average Bonchev–Trinajstić information content (AvgIpc) is 2.29. The summed E-state index contributed by atoms with van der Waals surface area (Å²) in [5, 5.41) is 9.83. The van der Waals surface area contributed by atoms with Gasteiger partial charge in [-0.1, -0.05) is 17.7 Å². The van der Waals surface area contributed by atoms with Crippen molar-refractivity contribution in [2.24, 2.45) is 0 Å². The summed E-state index contributed by atoms with van der Waals surface area (Å²) in [4.78, 5) is 4.75. The van der Waals surface area contributed by atoms with Crippen LogP contribution in [0, 0.1) is 6.92 Å². The van der Waals surface area contributed by atoms with Gasteiger partial charge in [-0.25, -0.2) is 0 Å². The third-order valence-electron chi connectivity index (χ3n) is 3.38. The van der Waals surface area contributed by atoms with Crippen LogP contribution >= 0.6 is 0 Å². The molecular formula is C15H24N2O. The second-order valence-corrected chi connectivity index (χ2v) is 5.91. The molecule has 0 radical (unpaired) electrons. The van der Waals surface area contributed by atoms with E-state index in [0.717, 1.165) is 32.7 Å². The highest BCUT2D eigenvalue weighted by molar-refractivity contribution is 5.47. The number of hydrogen-bond acceptors (Lipinski definition) is 3. The van der Waals surface area contributed by atoms with Gasteiger partial charge in [0, 0.05) is 38.4 Å². The molecular weight excluding hydrogens is 224 g/mol. The van der Waals surface area contributed by atoms with Crippen LogP contribution in [0.1, 0.15) is 19.4 Å². The lowest BCUT2D eigenvalue weighted by Crippen LogP contribution is -2.50. The molecule has 0 amide bonds. The quantitative estimate of drug-likeness (QED) is 0.885. The Morgan fingerprint density at radius 1 is 1.06 bits per heavy atom. The van der Waals surface area contributed by atoms with Gasteiger partial charge in [-0.05, 0) is 32.9 Å². The Kier molecular flexibility index (Phi) is 3.93. The smallest absolute Gasteiger partial charge is 0.0718 e. The van der Waals surface area contributed by atoms with E-state index in [1.165, 1.54) is 11.3 Å². The van der Waals surface area contributed by atoms with E-state index in [2.05, 4.69) is 41.0 Å². The average molecular weight is 248 g/mol. The molecule has 0 atom stereocenters.